The Hall–Kier alpha value is -1.89. The molecule has 5 nitrogen and oxygen atoms in total. The smallest absolute Gasteiger partial charge is 0.306 e. The largest absolute Gasteiger partial charge is 0.450 e. The average molecular weight is 465 g/mol. The van der Waals surface area contributed by atoms with E-state index >= 15 is 4.39 Å². The monoisotopic (exact) mass is 464 g/mol. The number of carbonyl (C=O) groups excluding carboxylic acids is 3. The van der Waals surface area contributed by atoms with Crippen LogP contribution in [-0.2, 0) is 19.1 Å². The van der Waals surface area contributed by atoms with E-state index in [2.05, 4.69) is 0 Å². The third-order valence-electron chi connectivity index (χ3n) is 9.45. The van der Waals surface area contributed by atoms with Crippen LogP contribution >= 0.6 is 0 Å². The van der Waals surface area contributed by atoms with Gasteiger partial charge in [0.15, 0.2) is 23.7 Å². The molecule has 0 aromatic rings. The first-order valence-electron chi connectivity index (χ1n) is 12.0. The number of esters is 1. The SMILES string of the molecule is CCCC(=O)O[C@]1(C(=O)CF)[C@@H](C)C[C@H]2[C@@H]3CCC4=CC(=O)C=C[C@]4(C)[C@@]3(F)[C@@H](O)C[C@@]21C. The maximum Gasteiger partial charge on any atom is 0.306 e. The first-order chi connectivity index (χ1) is 15.4. The molecule has 0 spiro atoms. The van der Waals surface area contributed by atoms with Gasteiger partial charge in [-0.3, -0.25) is 14.4 Å². The van der Waals surface area contributed by atoms with Crippen molar-refractivity contribution < 1.29 is 33.0 Å². The van der Waals surface area contributed by atoms with Crippen molar-refractivity contribution in [2.75, 3.05) is 6.67 Å². The molecule has 0 aromatic heterocycles. The van der Waals surface area contributed by atoms with Crippen LogP contribution in [0.4, 0.5) is 8.78 Å². The second kappa shape index (κ2) is 7.82. The Morgan fingerprint density at radius 1 is 1.27 bits per heavy atom. The fraction of sp³-hybridized carbons (Fsp3) is 0.731. The summed E-state index contributed by atoms with van der Waals surface area (Å²) in [6.45, 7) is 5.76. The van der Waals surface area contributed by atoms with Crippen molar-refractivity contribution in [2.24, 2.45) is 28.6 Å². The lowest BCUT2D eigenvalue weighted by Crippen LogP contribution is -2.70. The third kappa shape index (κ3) is 2.93. The average Bonchev–Trinajstić information content (AvgIpc) is 2.97. The Bertz CT molecular complexity index is 943. The zero-order chi connectivity index (χ0) is 24.4. The predicted octanol–water partition coefficient (Wildman–Crippen LogP) is 4.22. The first-order valence-corrected chi connectivity index (χ1v) is 12.0. The number of hydrogen-bond donors (Lipinski definition) is 1. The van der Waals surface area contributed by atoms with Crippen molar-refractivity contribution in [3.05, 3.63) is 23.8 Å². The number of aliphatic hydroxyl groups excluding tert-OH is 1. The Labute approximate surface area is 193 Å². The van der Waals surface area contributed by atoms with E-state index in [1.54, 1.807) is 26.8 Å². The van der Waals surface area contributed by atoms with Crippen molar-refractivity contribution in [3.63, 3.8) is 0 Å². The minimum atomic E-state index is -2.06. The summed E-state index contributed by atoms with van der Waals surface area (Å²) in [5, 5.41) is 11.4. The highest BCUT2D eigenvalue weighted by Crippen LogP contribution is 2.71. The molecule has 0 aromatic carbocycles. The molecular formula is C26H34F2O5. The number of alkyl halides is 2. The summed E-state index contributed by atoms with van der Waals surface area (Å²) in [6.07, 6.45) is 4.69. The van der Waals surface area contributed by atoms with Gasteiger partial charge in [0.1, 0.15) is 0 Å². The van der Waals surface area contributed by atoms with E-state index in [1.165, 1.54) is 12.2 Å². The van der Waals surface area contributed by atoms with Crippen LogP contribution in [0, 0.1) is 28.6 Å². The summed E-state index contributed by atoms with van der Waals surface area (Å²) in [5.74, 6) is -3.12. The number of aliphatic hydroxyl groups is 1. The van der Waals surface area contributed by atoms with E-state index in [-0.39, 0.29) is 18.6 Å². The molecule has 1 N–H and O–H groups in total. The van der Waals surface area contributed by atoms with Gasteiger partial charge in [0.2, 0.25) is 5.78 Å². The number of halogens is 2. The van der Waals surface area contributed by atoms with E-state index in [1.807, 2.05) is 6.92 Å². The summed E-state index contributed by atoms with van der Waals surface area (Å²) in [5.41, 5.74) is -5.38. The Morgan fingerprint density at radius 2 is 1.97 bits per heavy atom. The highest BCUT2D eigenvalue weighted by molar-refractivity contribution is 6.01. The van der Waals surface area contributed by atoms with Gasteiger partial charge in [-0.1, -0.05) is 32.4 Å². The van der Waals surface area contributed by atoms with Crippen LogP contribution in [0.15, 0.2) is 23.8 Å². The molecule has 182 valence electrons. The van der Waals surface area contributed by atoms with Gasteiger partial charge in [0.05, 0.1) is 6.10 Å². The fourth-order valence-electron chi connectivity index (χ4n) is 7.93. The van der Waals surface area contributed by atoms with Gasteiger partial charge in [0, 0.05) is 29.1 Å². The third-order valence-corrected chi connectivity index (χ3v) is 9.45. The molecular weight excluding hydrogens is 430 g/mol. The number of allylic oxidation sites excluding steroid dienone is 4. The molecule has 4 aliphatic rings. The van der Waals surface area contributed by atoms with Gasteiger partial charge in [-0.25, -0.2) is 8.78 Å². The van der Waals surface area contributed by atoms with Crippen LogP contribution in [0.25, 0.3) is 0 Å². The molecule has 0 amide bonds. The van der Waals surface area contributed by atoms with Gasteiger partial charge < -0.3 is 9.84 Å². The second-order valence-electron chi connectivity index (χ2n) is 10.9. The van der Waals surface area contributed by atoms with Crippen molar-refractivity contribution in [1.82, 2.24) is 0 Å². The Balaban J connectivity index is 1.83. The fourth-order valence-corrected chi connectivity index (χ4v) is 7.93. The molecule has 8 atom stereocenters. The highest BCUT2D eigenvalue weighted by atomic mass is 19.1. The zero-order valence-corrected chi connectivity index (χ0v) is 19.8. The molecule has 7 heteroatoms. The molecule has 0 unspecified atom stereocenters. The quantitative estimate of drug-likeness (QED) is 0.616. The summed E-state index contributed by atoms with van der Waals surface area (Å²) in [4.78, 5) is 37.7. The van der Waals surface area contributed by atoms with Crippen LogP contribution < -0.4 is 0 Å². The Kier molecular flexibility index (Phi) is 5.75. The molecule has 3 saturated carbocycles. The molecule has 4 aliphatic carbocycles. The lowest BCUT2D eigenvalue weighted by atomic mass is 9.44. The van der Waals surface area contributed by atoms with E-state index in [9.17, 15) is 23.9 Å². The first kappa shape index (κ1) is 24.2. The lowest BCUT2D eigenvalue weighted by molar-refractivity contribution is -0.228. The van der Waals surface area contributed by atoms with Crippen LogP contribution in [0.5, 0.6) is 0 Å². The van der Waals surface area contributed by atoms with Crippen LogP contribution in [0.1, 0.15) is 66.2 Å². The summed E-state index contributed by atoms with van der Waals surface area (Å²) in [6, 6.07) is 0. The van der Waals surface area contributed by atoms with Gasteiger partial charge in [0.25, 0.3) is 0 Å². The van der Waals surface area contributed by atoms with Gasteiger partial charge in [-0.05, 0) is 57.1 Å². The van der Waals surface area contributed by atoms with E-state index < -0.39 is 64.4 Å². The van der Waals surface area contributed by atoms with Gasteiger partial charge in [-0.15, -0.1) is 0 Å². The molecule has 3 fully saturated rings. The summed E-state index contributed by atoms with van der Waals surface area (Å²) >= 11 is 0. The summed E-state index contributed by atoms with van der Waals surface area (Å²) in [7, 11) is 0. The molecule has 4 rings (SSSR count). The minimum Gasteiger partial charge on any atom is -0.450 e. The molecule has 33 heavy (non-hydrogen) atoms. The molecule has 0 heterocycles. The van der Waals surface area contributed by atoms with Crippen molar-refractivity contribution in [2.45, 2.75) is 83.6 Å². The number of Topliss-reactive ketones (excluding diaryl/α,β-unsaturated/α-hetero) is 1. The lowest BCUT2D eigenvalue weighted by Gasteiger charge is -2.62. The molecule has 0 saturated heterocycles. The van der Waals surface area contributed by atoms with Crippen molar-refractivity contribution in [1.29, 1.82) is 0 Å². The van der Waals surface area contributed by atoms with Crippen LogP contribution in [0.3, 0.4) is 0 Å². The number of rotatable bonds is 5. The zero-order valence-electron chi connectivity index (χ0n) is 19.8. The Morgan fingerprint density at radius 3 is 2.61 bits per heavy atom. The number of ketones is 2. The van der Waals surface area contributed by atoms with Crippen molar-refractivity contribution >= 4 is 17.5 Å². The topological polar surface area (TPSA) is 80.7 Å². The van der Waals surface area contributed by atoms with Crippen molar-refractivity contribution in [3.8, 4) is 0 Å². The predicted molar refractivity (Wildman–Crippen MR) is 118 cm³/mol. The van der Waals surface area contributed by atoms with E-state index in [4.69, 9.17) is 4.74 Å². The van der Waals surface area contributed by atoms with E-state index in [0.29, 0.717) is 31.3 Å². The van der Waals surface area contributed by atoms with Gasteiger partial charge in [-0.2, -0.15) is 0 Å². The number of carbonyl (C=O) groups is 3. The normalized spacial score (nSPS) is 46.2. The molecule has 0 aliphatic heterocycles. The second-order valence-corrected chi connectivity index (χ2v) is 10.9. The number of fused-ring (bicyclic) bond motifs is 5. The summed E-state index contributed by atoms with van der Waals surface area (Å²) < 4.78 is 37.0. The van der Waals surface area contributed by atoms with Crippen LogP contribution in [0.2, 0.25) is 0 Å². The van der Waals surface area contributed by atoms with Gasteiger partial charge >= 0.3 is 5.97 Å². The molecule has 0 bridgehead atoms. The minimum absolute atomic E-state index is 0.0961. The maximum atomic E-state index is 17.2. The molecule has 0 radical (unpaired) electrons. The van der Waals surface area contributed by atoms with E-state index in [0.717, 1.165) is 0 Å². The standard InChI is InChI=1S/C26H34F2O5/c1-5-6-22(32)33-26(21(31)14-27)15(2)11-19-18-8-7-16-12-17(29)9-10-23(16,3)25(18,28)20(30)13-24(19,26)4/h9-10,12,15,18-20,30H,5-8,11,13-14H2,1-4H3/t15-,18-,19-,20-,23-,24-,25-,26-/m0/s1. The maximum absolute atomic E-state index is 17.2. The van der Waals surface area contributed by atoms with Crippen LogP contribution in [-0.4, -0.2) is 46.7 Å². The number of ether oxygens (including phenoxy) is 1. The number of hydrogen-bond acceptors (Lipinski definition) is 5. The highest BCUT2D eigenvalue weighted by Gasteiger charge is 2.77.